The highest BCUT2D eigenvalue weighted by Gasteiger charge is 2.33. The largest absolute Gasteiger partial charge is 0.497 e. The molecule has 0 aromatic heterocycles. The van der Waals surface area contributed by atoms with Gasteiger partial charge in [-0.3, -0.25) is 10.2 Å². The minimum Gasteiger partial charge on any atom is -0.497 e. The van der Waals surface area contributed by atoms with Crippen LogP contribution >= 0.6 is 15.9 Å². The highest BCUT2D eigenvalue weighted by atomic mass is 79.9. The van der Waals surface area contributed by atoms with Crippen LogP contribution in [0.5, 0.6) is 5.75 Å². The average molecular weight is 390 g/mol. The molecule has 2 aromatic rings. The number of hydrazine groups is 1. The van der Waals surface area contributed by atoms with Gasteiger partial charge in [0.1, 0.15) is 5.75 Å². The second-order valence-electron chi connectivity index (χ2n) is 5.73. The van der Waals surface area contributed by atoms with Gasteiger partial charge in [0.25, 0.3) is 0 Å². The van der Waals surface area contributed by atoms with E-state index in [1.54, 1.807) is 7.11 Å². The summed E-state index contributed by atoms with van der Waals surface area (Å²) in [5, 5.41) is 3.02. The number of carbonyl (C=O) groups is 1. The van der Waals surface area contributed by atoms with E-state index in [0.717, 1.165) is 21.3 Å². The third-order valence-electron chi connectivity index (χ3n) is 4.13. The molecule has 2 unspecified atom stereocenters. The van der Waals surface area contributed by atoms with Crippen LogP contribution in [0.1, 0.15) is 17.2 Å². The highest BCUT2D eigenvalue weighted by molar-refractivity contribution is 9.10. The summed E-state index contributed by atoms with van der Waals surface area (Å²) in [7, 11) is 1.64. The van der Waals surface area contributed by atoms with Crippen molar-refractivity contribution in [2.45, 2.75) is 12.6 Å². The Morgan fingerprint density at radius 3 is 2.92 bits per heavy atom. The number of rotatable bonds is 5. The second-order valence-corrected chi connectivity index (χ2v) is 6.65. The van der Waals surface area contributed by atoms with Crippen LogP contribution in [0.3, 0.4) is 0 Å². The lowest BCUT2D eigenvalue weighted by atomic mass is 9.94. The molecule has 126 valence electrons. The summed E-state index contributed by atoms with van der Waals surface area (Å²) in [6.45, 7) is 1.08. The van der Waals surface area contributed by atoms with E-state index in [0.29, 0.717) is 13.1 Å². The van der Waals surface area contributed by atoms with Crippen LogP contribution in [0.2, 0.25) is 0 Å². The Kier molecular flexibility index (Phi) is 5.50. The summed E-state index contributed by atoms with van der Waals surface area (Å²) < 4.78 is 6.21. The van der Waals surface area contributed by atoms with Gasteiger partial charge in [0, 0.05) is 17.6 Å². The van der Waals surface area contributed by atoms with Crippen LogP contribution in [0.25, 0.3) is 0 Å². The van der Waals surface area contributed by atoms with E-state index in [4.69, 9.17) is 4.74 Å². The zero-order chi connectivity index (χ0) is 16.9. The van der Waals surface area contributed by atoms with E-state index in [9.17, 15) is 4.79 Å². The molecule has 1 saturated heterocycles. The van der Waals surface area contributed by atoms with Crippen molar-refractivity contribution in [2.24, 2.45) is 5.92 Å². The summed E-state index contributed by atoms with van der Waals surface area (Å²) in [6, 6.07) is 15.7. The molecule has 0 saturated carbocycles. The summed E-state index contributed by atoms with van der Waals surface area (Å²) in [5.41, 5.74) is 8.38. The minimum atomic E-state index is -0.162. The first kappa shape index (κ1) is 17.0. The predicted octanol–water partition coefficient (Wildman–Crippen LogP) is 2.54. The number of hydrogen-bond acceptors (Lipinski definition) is 4. The van der Waals surface area contributed by atoms with Gasteiger partial charge in [-0.2, -0.15) is 0 Å². The second kappa shape index (κ2) is 7.79. The molecule has 2 atom stereocenters. The lowest BCUT2D eigenvalue weighted by Gasteiger charge is -2.19. The van der Waals surface area contributed by atoms with Crippen LogP contribution in [0.15, 0.2) is 53.0 Å². The average Bonchev–Trinajstić information content (AvgIpc) is 3.10. The zero-order valence-electron chi connectivity index (χ0n) is 13.4. The third-order valence-corrected chi connectivity index (χ3v) is 4.62. The smallest absolute Gasteiger partial charge is 0.226 e. The Morgan fingerprint density at radius 2 is 2.12 bits per heavy atom. The quantitative estimate of drug-likeness (QED) is 0.735. The van der Waals surface area contributed by atoms with Crippen molar-refractivity contribution in [2.75, 3.05) is 13.7 Å². The van der Waals surface area contributed by atoms with Crippen molar-refractivity contribution < 1.29 is 9.53 Å². The summed E-state index contributed by atoms with van der Waals surface area (Å²) in [5.74, 6) is 0.656. The van der Waals surface area contributed by atoms with Crippen molar-refractivity contribution in [3.63, 3.8) is 0 Å². The van der Waals surface area contributed by atoms with E-state index in [1.807, 2.05) is 48.5 Å². The first-order valence-electron chi connectivity index (χ1n) is 7.82. The third kappa shape index (κ3) is 3.95. The van der Waals surface area contributed by atoms with E-state index >= 15 is 0 Å². The molecule has 3 rings (SSSR count). The van der Waals surface area contributed by atoms with Gasteiger partial charge in [0.05, 0.1) is 19.1 Å². The standard InChI is InChI=1S/C18H20BrN3O2/c1-24-15-7-2-4-12(8-15)10-20-18(23)16-11-21-22-17(16)13-5-3-6-14(19)9-13/h2-9,16-17,21-22H,10-11H2,1H3,(H,20,23). The number of ether oxygens (including phenoxy) is 1. The summed E-state index contributed by atoms with van der Waals surface area (Å²) >= 11 is 3.48. The number of benzene rings is 2. The van der Waals surface area contributed by atoms with Crippen LogP contribution in [0.4, 0.5) is 0 Å². The maximum absolute atomic E-state index is 12.6. The highest BCUT2D eigenvalue weighted by Crippen LogP contribution is 2.27. The first-order chi connectivity index (χ1) is 11.7. The summed E-state index contributed by atoms with van der Waals surface area (Å²) in [6.07, 6.45) is 0. The van der Waals surface area contributed by atoms with Crippen LogP contribution in [0, 0.1) is 5.92 Å². The molecule has 2 aromatic carbocycles. The molecular weight excluding hydrogens is 370 g/mol. The fraction of sp³-hybridized carbons (Fsp3) is 0.278. The van der Waals surface area contributed by atoms with E-state index in [2.05, 4.69) is 32.1 Å². The van der Waals surface area contributed by atoms with E-state index < -0.39 is 0 Å². The molecule has 6 heteroatoms. The van der Waals surface area contributed by atoms with Gasteiger partial charge in [0.2, 0.25) is 5.91 Å². The zero-order valence-corrected chi connectivity index (χ0v) is 15.0. The number of methoxy groups -OCH3 is 1. The molecule has 0 bridgehead atoms. The topological polar surface area (TPSA) is 62.4 Å². The van der Waals surface area contributed by atoms with Crippen molar-refractivity contribution in [3.8, 4) is 5.75 Å². The van der Waals surface area contributed by atoms with Crippen LogP contribution in [-0.2, 0) is 11.3 Å². The molecular formula is C18H20BrN3O2. The molecule has 0 spiro atoms. The maximum atomic E-state index is 12.6. The van der Waals surface area contributed by atoms with Crippen molar-refractivity contribution in [3.05, 3.63) is 64.1 Å². The molecule has 1 amide bonds. The Hall–Kier alpha value is -1.89. The monoisotopic (exact) mass is 389 g/mol. The normalized spacial score (nSPS) is 19.9. The number of hydrogen-bond donors (Lipinski definition) is 3. The molecule has 5 nitrogen and oxygen atoms in total. The Morgan fingerprint density at radius 1 is 1.29 bits per heavy atom. The fourth-order valence-corrected chi connectivity index (χ4v) is 3.28. The molecule has 3 N–H and O–H groups in total. The molecule has 0 aliphatic carbocycles. The van der Waals surface area contributed by atoms with Gasteiger partial charge in [-0.1, -0.05) is 40.2 Å². The van der Waals surface area contributed by atoms with E-state index in [-0.39, 0.29) is 17.9 Å². The Labute approximate surface area is 149 Å². The molecule has 1 heterocycles. The maximum Gasteiger partial charge on any atom is 0.226 e. The lowest BCUT2D eigenvalue weighted by Crippen LogP contribution is -2.34. The Bertz CT molecular complexity index is 723. The van der Waals surface area contributed by atoms with Crippen LogP contribution < -0.4 is 20.9 Å². The first-order valence-corrected chi connectivity index (χ1v) is 8.61. The van der Waals surface area contributed by atoms with Gasteiger partial charge < -0.3 is 10.1 Å². The van der Waals surface area contributed by atoms with Gasteiger partial charge >= 0.3 is 0 Å². The van der Waals surface area contributed by atoms with Crippen LogP contribution in [-0.4, -0.2) is 19.6 Å². The van der Waals surface area contributed by atoms with Gasteiger partial charge in [-0.05, 0) is 35.4 Å². The SMILES string of the molecule is COc1cccc(CNC(=O)C2CNNC2c2cccc(Br)c2)c1. The molecule has 1 aliphatic heterocycles. The number of halogens is 1. The molecule has 0 radical (unpaired) electrons. The molecule has 24 heavy (non-hydrogen) atoms. The van der Waals surface area contributed by atoms with Gasteiger partial charge in [-0.25, -0.2) is 5.43 Å². The Balaban J connectivity index is 1.65. The number of amides is 1. The summed E-state index contributed by atoms with van der Waals surface area (Å²) in [4.78, 5) is 12.6. The van der Waals surface area contributed by atoms with Crippen molar-refractivity contribution in [1.29, 1.82) is 0 Å². The number of nitrogens with one attached hydrogen (secondary N) is 3. The predicted molar refractivity (Wildman–Crippen MR) is 96.4 cm³/mol. The number of carbonyl (C=O) groups excluding carboxylic acids is 1. The molecule has 1 fully saturated rings. The van der Waals surface area contributed by atoms with Gasteiger partial charge in [-0.15, -0.1) is 0 Å². The van der Waals surface area contributed by atoms with Crippen molar-refractivity contribution >= 4 is 21.8 Å². The van der Waals surface area contributed by atoms with Gasteiger partial charge in [0.15, 0.2) is 0 Å². The molecule has 1 aliphatic rings. The van der Waals surface area contributed by atoms with E-state index in [1.165, 1.54) is 0 Å². The fourth-order valence-electron chi connectivity index (χ4n) is 2.86. The van der Waals surface area contributed by atoms with Crippen molar-refractivity contribution in [1.82, 2.24) is 16.2 Å². The minimum absolute atomic E-state index is 0.0281. The lowest BCUT2D eigenvalue weighted by molar-refractivity contribution is -0.125.